The van der Waals surface area contributed by atoms with Gasteiger partial charge in [0.05, 0.1) is 5.92 Å². The van der Waals surface area contributed by atoms with Gasteiger partial charge in [-0.2, -0.15) is 0 Å². The molecule has 1 heterocycles. The Hall–Kier alpha value is -2.08. The molecule has 1 unspecified atom stereocenters. The van der Waals surface area contributed by atoms with Crippen LogP contribution in [0.4, 0.5) is 0 Å². The van der Waals surface area contributed by atoms with Crippen molar-refractivity contribution >= 4 is 29.4 Å². The van der Waals surface area contributed by atoms with Crippen LogP contribution in [0.15, 0.2) is 24.3 Å². The number of likely N-dealkylation sites (tertiary alicyclic amines) is 1. The van der Waals surface area contributed by atoms with E-state index in [0.29, 0.717) is 11.6 Å². The van der Waals surface area contributed by atoms with Crippen molar-refractivity contribution in [1.29, 1.82) is 0 Å². The van der Waals surface area contributed by atoms with Gasteiger partial charge in [-0.25, -0.2) is 4.79 Å². The molecule has 0 bridgehead atoms. The van der Waals surface area contributed by atoms with E-state index in [-0.39, 0.29) is 24.8 Å². The summed E-state index contributed by atoms with van der Waals surface area (Å²) >= 11 is 6.10. The lowest BCUT2D eigenvalue weighted by Gasteiger charge is -2.24. The van der Waals surface area contributed by atoms with Gasteiger partial charge in [-0.1, -0.05) is 29.8 Å². The summed E-state index contributed by atoms with van der Waals surface area (Å²) in [5, 5.41) is 9.56. The molecule has 6 nitrogen and oxygen atoms in total. The first kappa shape index (κ1) is 17.3. The zero-order valence-electron chi connectivity index (χ0n) is 13.0. The van der Waals surface area contributed by atoms with E-state index in [2.05, 4.69) is 0 Å². The first-order chi connectivity index (χ1) is 10.8. The lowest BCUT2D eigenvalue weighted by atomic mass is 10.1. The predicted octanol–water partition coefficient (Wildman–Crippen LogP) is 1.62. The van der Waals surface area contributed by atoms with Gasteiger partial charge in [-0.3, -0.25) is 9.59 Å². The minimum absolute atomic E-state index is 0.0972. The molecule has 0 saturated carbocycles. The van der Waals surface area contributed by atoms with E-state index < -0.39 is 17.9 Å². The highest BCUT2D eigenvalue weighted by atomic mass is 35.5. The molecule has 2 atom stereocenters. The SMILES string of the molecule is C[C@@H](C(=O)O)N(C)C(=O)C1CC(=O)N(Cc2ccccc2Cl)C1. The van der Waals surface area contributed by atoms with E-state index in [4.69, 9.17) is 16.7 Å². The molecule has 1 N–H and O–H groups in total. The number of likely N-dealkylation sites (N-methyl/N-ethyl adjacent to an activating group) is 1. The van der Waals surface area contributed by atoms with Crippen molar-refractivity contribution in [3.05, 3.63) is 34.9 Å². The van der Waals surface area contributed by atoms with Crippen molar-refractivity contribution in [1.82, 2.24) is 9.80 Å². The van der Waals surface area contributed by atoms with Crippen molar-refractivity contribution in [2.75, 3.05) is 13.6 Å². The molecule has 1 aliphatic heterocycles. The van der Waals surface area contributed by atoms with Crippen LogP contribution in [0, 0.1) is 5.92 Å². The van der Waals surface area contributed by atoms with Gasteiger partial charge in [0.25, 0.3) is 0 Å². The monoisotopic (exact) mass is 338 g/mol. The molecule has 23 heavy (non-hydrogen) atoms. The number of hydrogen-bond acceptors (Lipinski definition) is 3. The molecule has 1 saturated heterocycles. The van der Waals surface area contributed by atoms with Gasteiger partial charge in [0.1, 0.15) is 6.04 Å². The Morgan fingerprint density at radius 3 is 2.70 bits per heavy atom. The van der Waals surface area contributed by atoms with E-state index in [9.17, 15) is 14.4 Å². The summed E-state index contributed by atoms with van der Waals surface area (Å²) in [4.78, 5) is 38.2. The third kappa shape index (κ3) is 3.82. The number of carbonyl (C=O) groups is 3. The van der Waals surface area contributed by atoms with Crippen LogP contribution in [0.1, 0.15) is 18.9 Å². The molecule has 2 amide bonds. The summed E-state index contributed by atoms with van der Waals surface area (Å²) < 4.78 is 0. The number of halogens is 1. The van der Waals surface area contributed by atoms with Crippen LogP contribution in [0.25, 0.3) is 0 Å². The van der Waals surface area contributed by atoms with Gasteiger partial charge in [-0.15, -0.1) is 0 Å². The standard InChI is InChI=1S/C16H19ClN2O4/c1-10(16(22)23)18(2)15(21)12-7-14(20)19(9-12)8-11-5-3-4-6-13(11)17/h3-6,10,12H,7-9H2,1-2H3,(H,22,23)/t10-,12?/m0/s1. The average Bonchev–Trinajstić information content (AvgIpc) is 2.88. The number of nitrogens with zero attached hydrogens (tertiary/aromatic N) is 2. The maximum atomic E-state index is 12.4. The Morgan fingerprint density at radius 2 is 2.09 bits per heavy atom. The number of rotatable bonds is 5. The Morgan fingerprint density at radius 1 is 1.43 bits per heavy atom. The van der Waals surface area contributed by atoms with Crippen molar-refractivity contribution in [2.24, 2.45) is 5.92 Å². The van der Waals surface area contributed by atoms with Crippen molar-refractivity contribution < 1.29 is 19.5 Å². The smallest absolute Gasteiger partial charge is 0.326 e. The third-order valence-corrected chi connectivity index (χ3v) is 4.54. The van der Waals surface area contributed by atoms with E-state index in [1.54, 1.807) is 11.0 Å². The van der Waals surface area contributed by atoms with Crippen molar-refractivity contribution in [2.45, 2.75) is 25.9 Å². The second-order valence-corrected chi connectivity index (χ2v) is 6.14. The van der Waals surface area contributed by atoms with Crippen LogP contribution in [0.2, 0.25) is 5.02 Å². The number of benzene rings is 1. The van der Waals surface area contributed by atoms with Crippen molar-refractivity contribution in [3.63, 3.8) is 0 Å². The Kier molecular flexibility index (Phi) is 5.26. The summed E-state index contributed by atoms with van der Waals surface area (Å²) in [7, 11) is 1.45. The van der Waals surface area contributed by atoms with E-state index in [0.717, 1.165) is 5.56 Å². The lowest BCUT2D eigenvalue weighted by Crippen LogP contribution is -2.43. The third-order valence-electron chi connectivity index (χ3n) is 4.17. The molecule has 0 aliphatic carbocycles. The van der Waals surface area contributed by atoms with Crippen LogP contribution in [0.3, 0.4) is 0 Å². The molecule has 7 heteroatoms. The molecule has 0 aromatic heterocycles. The van der Waals surface area contributed by atoms with E-state index in [1.807, 2.05) is 18.2 Å². The summed E-state index contributed by atoms with van der Waals surface area (Å²) in [6.07, 6.45) is 0.0972. The Bertz CT molecular complexity index is 634. The van der Waals surface area contributed by atoms with Gasteiger partial charge < -0.3 is 14.9 Å². The largest absolute Gasteiger partial charge is 0.480 e. The van der Waals surface area contributed by atoms with E-state index >= 15 is 0 Å². The van der Waals surface area contributed by atoms with E-state index in [1.165, 1.54) is 18.9 Å². The number of carboxylic acids is 1. The second-order valence-electron chi connectivity index (χ2n) is 5.73. The zero-order chi connectivity index (χ0) is 17.1. The van der Waals surface area contributed by atoms with Gasteiger partial charge in [-0.05, 0) is 18.6 Å². The summed E-state index contributed by atoms with van der Waals surface area (Å²) in [6.45, 7) is 2.07. The highest BCUT2D eigenvalue weighted by Crippen LogP contribution is 2.25. The maximum absolute atomic E-state index is 12.4. The minimum Gasteiger partial charge on any atom is -0.480 e. The number of carboxylic acid groups (broad SMARTS) is 1. The molecule has 124 valence electrons. The lowest BCUT2D eigenvalue weighted by molar-refractivity contribution is -0.149. The predicted molar refractivity (Wildman–Crippen MR) is 84.8 cm³/mol. The average molecular weight is 339 g/mol. The van der Waals surface area contributed by atoms with Gasteiger partial charge in [0.15, 0.2) is 0 Å². The number of hydrogen-bond donors (Lipinski definition) is 1. The van der Waals surface area contributed by atoms with Crippen LogP contribution >= 0.6 is 11.6 Å². The Balaban J connectivity index is 2.03. The first-order valence-corrected chi connectivity index (χ1v) is 7.69. The molecule has 1 aliphatic rings. The molecule has 2 rings (SSSR count). The summed E-state index contributed by atoms with van der Waals surface area (Å²) in [6, 6.07) is 6.32. The van der Waals surface area contributed by atoms with Crippen LogP contribution < -0.4 is 0 Å². The quantitative estimate of drug-likeness (QED) is 0.885. The number of aliphatic carboxylic acids is 1. The molecular weight excluding hydrogens is 320 g/mol. The van der Waals surface area contributed by atoms with Gasteiger partial charge >= 0.3 is 5.97 Å². The van der Waals surface area contributed by atoms with Gasteiger partial charge in [0, 0.05) is 31.6 Å². The molecule has 0 radical (unpaired) electrons. The second kappa shape index (κ2) is 7.00. The summed E-state index contributed by atoms with van der Waals surface area (Å²) in [5.41, 5.74) is 0.822. The molecular formula is C16H19ClN2O4. The van der Waals surface area contributed by atoms with Crippen LogP contribution in [-0.2, 0) is 20.9 Å². The van der Waals surface area contributed by atoms with Crippen LogP contribution in [-0.4, -0.2) is 52.3 Å². The number of carbonyl (C=O) groups excluding carboxylic acids is 2. The molecule has 1 aromatic rings. The highest BCUT2D eigenvalue weighted by Gasteiger charge is 2.37. The Labute approximate surface area is 139 Å². The first-order valence-electron chi connectivity index (χ1n) is 7.32. The van der Waals surface area contributed by atoms with Crippen molar-refractivity contribution in [3.8, 4) is 0 Å². The molecule has 0 spiro atoms. The fourth-order valence-corrected chi connectivity index (χ4v) is 2.76. The highest BCUT2D eigenvalue weighted by molar-refractivity contribution is 6.31. The van der Waals surface area contributed by atoms with Crippen LogP contribution in [0.5, 0.6) is 0 Å². The fourth-order valence-electron chi connectivity index (χ4n) is 2.57. The van der Waals surface area contributed by atoms with Gasteiger partial charge in [0.2, 0.25) is 11.8 Å². The zero-order valence-corrected chi connectivity index (χ0v) is 13.8. The normalized spacial score (nSPS) is 18.8. The summed E-state index contributed by atoms with van der Waals surface area (Å²) in [5.74, 6) is -2.04. The molecule has 1 aromatic carbocycles. The maximum Gasteiger partial charge on any atom is 0.326 e. The topological polar surface area (TPSA) is 77.9 Å². The fraction of sp³-hybridized carbons (Fsp3) is 0.438. The number of amides is 2. The molecule has 1 fully saturated rings. The minimum atomic E-state index is -1.07.